The Hall–Kier alpha value is -2.68. The summed E-state index contributed by atoms with van der Waals surface area (Å²) in [6.45, 7) is 7.74. The molecule has 0 radical (unpaired) electrons. The molecule has 0 fully saturated rings. The fourth-order valence-corrected chi connectivity index (χ4v) is 3.82. The van der Waals surface area contributed by atoms with Gasteiger partial charge in [-0.3, -0.25) is 0 Å². The van der Waals surface area contributed by atoms with Gasteiger partial charge in [-0.25, -0.2) is 9.59 Å². The second-order valence-corrected chi connectivity index (χ2v) is 9.62. The minimum Gasteiger partial charge on any atom is -0.493 e. The monoisotopic (exact) mass is 555 g/mol. The first-order chi connectivity index (χ1) is 17.7. The minimum absolute atomic E-state index is 0.222. The summed E-state index contributed by atoms with van der Waals surface area (Å²) >= 11 is 12.0. The van der Waals surface area contributed by atoms with Crippen molar-refractivity contribution in [1.29, 1.82) is 0 Å². The molecule has 8 nitrogen and oxygen atoms in total. The smallest absolute Gasteiger partial charge is 0.409 e. The summed E-state index contributed by atoms with van der Waals surface area (Å²) in [5.74, 6) is 0.408. The number of ether oxygens (including phenoxy) is 4. The van der Waals surface area contributed by atoms with E-state index in [0.29, 0.717) is 60.9 Å². The molecule has 0 bridgehead atoms. The van der Waals surface area contributed by atoms with Gasteiger partial charge in [-0.1, -0.05) is 49.2 Å². The van der Waals surface area contributed by atoms with Crippen LogP contribution >= 0.6 is 23.2 Å². The van der Waals surface area contributed by atoms with Crippen molar-refractivity contribution in [2.24, 2.45) is 5.92 Å². The number of carboxylic acid groups (broad SMARTS) is 1. The highest BCUT2D eigenvalue weighted by Gasteiger charge is 2.18. The zero-order valence-corrected chi connectivity index (χ0v) is 23.0. The Morgan fingerprint density at radius 3 is 2.19 bits per heavy atom. The zero-order valence-electron chi connectivity index (χ0n) is 21.5. The number of carbonyl (C=O) groups is 2. The van der Waals surface area contributed by atoms with Crippen molar-refractivity contribution < 1.29 is 33.6 Å². The molecule has 2 aromatic rings. The molecule has 0 aromatic heterocycles. The molecule has 1 N–H and O–H groups in total. The van der Waals surface area contributed by atoms with E-state index < -0.39 is 18.2 Å². The number of benzene rings is 2. The molecule has 37 heavy (non-hydrogen) atoms. The highest BCUT2D eigenvalue weighted by molar-refractivity contribution is 6.34. The van der Waals surface area contributed by atoms with Crippen molar-refractivity contribution >= 4 is 35.3 Å². The van der Waals surface area contributed by atoms with Crippen LogP contribution in [0.2, 0.25) is 10.0 Å². The summed E-state index contributed by atoms with van der Waals surface area (Å²) in [7, 11) is 0. The number of halogens is 2. The molecule has 10 heteroatoms. The molecule has 1 unspecified atom stereocenters. The fraction of sp³-hybridized carbons (Fsp3) is 0.481. The maximum Gasteiger partial charge on any atom is 0.409 e. The van der Waals surface area contributed by atoms with Gasteiger partial charge in [0, 0.05) is 29.6 Å². The molecule has 0 saturated carbocycles. The molecule has 0 heterocycles. The molecule has 0 aliphatic heterocycles. The second kappa shape index (κ2) is 16.2. The lowest BCUT2D eigenvalue weighted by molar-refractivity contribution is -0.149. The summed E-state index contributed by atoms with van der Waals surface area (Å²) in [5.41, 5.74) is 0.827. The Bertz CT molecular complexity index is 965. The van der Waals surface area contributed by atoms with Crippen molar-refractivity contribution in [3.63, 3.8) is 0 Å². The number of aliphatic carboxylic acids is 1. The highest BCUT2D eigenvalue weighted by atomic mass is 35.5. The molecule has 0 saturated heterocycles. The first kappa shape index (κ1) is 30.5. The van der Waals surface area contributed by atoms with Crippen molar-refractivity contribution in [2.45, 2.75) is 39.7 Å². The summed E-state index contributed by atoms with van der Waals surface area (Å²) < 4.78 is 22.2. The van der Waals surface area contributed by atoms with Gasteiger partial charge in [0.25, 0.3) is 0 Å². The summed E-state index contributed by atoms with van der Waals surface area (Å²) in [6.07, 6.45) is -0.459. The van der Waals surface area contributed by atoms with Gasteiger partial charge in [0.1, 0.15) is 18.1 Å². The third kappa shape index (κ3) is 11.9. The van der Waals surface area contributed by atoms with Crippen molar-refractivity contribution in [3.8, 4) is 11.5 Å². The third-order valence-corrected chi connectivity index (χ3v) is 5.53. The van der Waals surface area contributed by atoms with Crippen LogP contribution in [0.3, 0.4) is 0 Å². The van der Waals surface area contributed by atoms with Gasteiger partial charge in [0.05, 0.1) is 19.8 Å². The summed E-state index contributed by atoms with van der Waals surface area (Å²) in [4.78, 5) is 25.5. The topological polar surface area (TPSA) is 94.5 Å². The van der Waals surface area contributed by atoms with Crippen LogP contribution in [0.1, 0.15) is 32.8 Å². The number of carbonyl (C=O) groups excluding carboxylic acids is 1. The molecule has 0 spiro atoms. The number of carboxylic acids is 1. The lowest BCUT2D eigenvalue weighted by atomic mass is 10.1. The van der Waals surface area contributed by atoms with E-state index >= 15 is 0 Å². The van der Waals surface area contributed by atoms with Crippen LogP contribution in [0.4, 0.5) is 4.79 Å². The molecule has 2 rings (SSSR count). The number of hydrogen-bond donors (Lipinski definition) is 1. The molecule has 2 aromatic carbocycles. The molecule has 1 atom stereocenters. The number of rotatable bonds is 16. The zero-order chi connectivity index (χ0) is 27.2. The minimum atomic E-state index is -0.992. The van der Waals surface area contributed by atoms with Crippen molar-refractivity contribution in [2.75, 3.05) is 39.5 Å². The lowest BCUT2D eigenvalue weighted by Crippen LogP contribution is -2.37. The first-order valence-corrected chi connectivity index (χ1v) is 13.0. The SMILES string of the molecule is CCOC(Cc1ccc(OCCN(CCCOc2cc(Cl)cc(Cl)c2)C(=O)OCC(C)C)cc1)C(=O)O. The van der Waals surface area contributed by atoms with Gasteiger partial charge in [-0.15, -0.1) is 0 Å². The Morgan fingerprint density at radius 2 is 1.59 bits per heavy atom. The maximum absolute atomic E-state index is 12.6. The Labute approximate surface area is 228 Å². The Morgan fingerprint density at radius 1 is 0.946 bits per heavy atom. The van der Waals surface area contributed by atoms with E-state index in [1.807, 2.05) is 13.8 Å². The normalized spacial score (nSPS) is 11.7. The van der Waals surface area contributed by atoms with Crippen LogP contribution in [0, 0.1) is 5.92 Å². The standard InChI is InChI=1S/C27H35Cl2NO7/c1-4-34-25(26(31)32)14-20-6-8-23(9-7-20)36-13-11-30(27(33)37-18-19(2)3)10-5-12-35-24-16-21(28)15-22(29)17-24/h6-9,15-17,19,25H,4-5,10-14,18H2,1-3H3,(H,31,32). The second-order valence-electron chi connectivity index (χ2n) is 8.74. The predicted octanol–water partition coefficient (Wildman–Crippen LogP) is 5.97. The van der Waals surface area contributed by atoms with E-state index in [2.05, 4.69) is 0 Å². The largest absolute Gasteiger partial charge is 0.493 e. The molecule has 1 amide bonds. The maximum atomic E-state index is 12.6. The van der Waals surface area contributed by atoms with E-state index in [1.165, 1.54) is 0 Å². The summed E-state index contributed by atoms with van der Waals surface area (Å²) in [5, 5.41) is 10.2. The van der Waals surface area contributed by atoms with Crippen molar-refractivity contribution in [1.82, 2.24) is 4.90 Å². The van der Waals surface area contributed by atoms with Crippen LogP contribution in [0.25, 0.3) is 0 Å². The molecular weight excluding hydrogens is 521 g/mol. The first-order valence-electron chi connectivity index (χ1n) is 12.2. The Balaban J connectivity index is 1.86. The van der Waals surface area contributed by atoms with E-state index in [1.54, 1.807) is 54.3 Å². The predicted molar refractivity (Wildman–Crippen MR) is 143 cm³/mol. The van der Waals surface area contributed by atoms with Crippen LogP contribution in [0.15, 0.2) is 42.5 Å². The molecule has 204 valence electrons. The van der Waals surface area contributed by atoms with Crippen LogP contribution < -0.4 is 9.47 Å². The fourth-order valence-electron chi connectivity index (χ4n) is 3.31. The molecular formula is C27H35Cl2NO7. The molecule has 0 aliphatic rings. The van der Waals surface area contributed by atoms with Gasteiger partial charge >= 0.3 is 12.1 Å². The Kier molecular flexibility index (Phi) is 13.4. The average molecular weight is 556 g/mol. The van der Waals surface area contributed by atoms with E-state index in [4.69, 9.17) is 42.1 Å². The number of amides is 1. The molecule has 0 aliphatic carbocycles. The lowest BCUT2D eigenvalue weighted by Gasteiger charge is -2.23. The number of hydrogen-bond acceptors (Lipinski definition) is 6. The van der Waals surface area contributed by atoms with Crippen molar-refractivity contribution in [3.05, 3.63) is 58.1 Å². The van der Waals surface area contributed by atoms with E-state index in [-0.39, 0.29) is 18.9 Å². The van der Waals surface area contributed by atoms with Crippen LogP contribution in [-0.4, -0.2) is 67.7 Å². The van der Waals surface area contributed by atoms with Crippen LogP contribution in [-0.2, 0) is 20.7 Å². The van der Waals surface area contributed by atoms with E-state index in [0.717, 1.165) is 5.56 Å². The van der Waals surface area contributed by atoms with Gasteiger partial charge in [0.2, 0.25) is 0 Å². The van der Waals surface area contributed by atoms with Gasteiger partial charge in [0.15, 0.2) is 6.10 Å². The average Bonchev–Trinajstić information content (AvgIpc) is 2.84. The van der Waals surface area contributed by atoms with Gasteiger partial charge < -0.3 is 29.0 Å². The van der Waals surface area contributed by atoms with Gasteiger partial charge in [-0.2, -0.15) is 0 Å². The van der Waals surface area contributed by atoms with Gasteiger partial charge in [-0.05, 0) is 55.2 Å². The summed E-state index contributed by atoms with van der Waals surface area (Å²) in [6, 6.07) is 12.1. The third-order valence-electron chi connectivity index (χ3n) is 5.09. The van der Waals surface area contributed by atoms with E-state index in [9.17, 15) is 14.7 Å². The van der Waals surface area contributed by atoms with Crippen LogP contribution in [0.5, 0.6) is 11.5 Å². The quantitative estimate of drug-likeness (QED) is 0.255. The highest BCUT2D eigenvalue weighted by Crippen LogP contribution is 2.24. The number of nitrogens with zero attached hydrogens (tertiary/aromatic N) is 1.